The topological polar surface area (TPSA) is 41.9 Å². The quantitative estimate of drug-likeness (QED) is 0.815. The Bertz CT molecular complexity index is 696. The first-order valence-corrected chi connectivity index (χ1v) is 9.39. The largest absolute Gasteiger partial charge is 0.356 e. The van der Waals surface area contributed by atoms with E-state index in [0.29, 0.717) is 11.8 Å². The van der Waals surface area contributed by atoms with Crippen LogP contribution in [0.1, 0.15) is 76.4 Å². The van der Waals surface area contributed by atoms with Crippen LogP contribution >= 0.6 is 0 Å². The third-order valence-corrected chi connectivity index (χ3v) is 5.01. The van der Waals surface area contributed by atoms with Crippen molar-refractivity contribution in [1.82, 2.24) is 15.0 Å². The van der Waals surface area contributed by atoms with Gasteiger partial charge in [-0.25, -0.2) is 9.97 Å². The van der Waals surface area contributed by atoms with Gasteiger partial charge in [-0.1, -0.05) is 34.6 Å². The fraction of sp³-hybridized carbons (Fsp3) is 0.571. The molecular weight excluding hydrogens is 308 g/mol. The Labute approximate surface area is 151 Å². The highest BCUT2D eigenvalue weighted by Crippen LogP contribution is 2.31. The molecule has 1 fully saturated rings. The maximum Gasteiger partial charge on any atom is 0.133 e. The molecule has 3 rings (SSSR count). The summed E-state index contributed by atoms with van der Waals surface area (Å²) in [5.41, 5.74) is 2.59. The zero-order valence-corrected chi connectivity index (χ0v) is 16.2. The lowest BCUT2D eigenvalue weighted by Gasteiger charge is -2.34. The van der Waals surface area contributed by atoms with Gasteiger partial charge in [-0.15, -0.1) is 0 Å². The molecule has 1 aliphatic rings. The van der Waals surface area contributed by atoms with Crippen LogP contribution in [0.4, 0.5) is 5.82 Å². The van der Waals surface area contributed by atoms with Crippen LogP contribution in [0, 0.1) is 0 Å². The van der Waals surface area contributed by atoms with Gasteiger partial charge in [0.05, 0.1) is 5.69 Å². The summed E-state index contributed by atoms with van der Waals surface area (Å²) in [5.74, 6) is 3.03. The Kier molecular flexibility index (Phi) is 5.07. The molecule has 4 heteroatoms. The molecule has 1 saturated heterocycles. The molecule has 3 heterocycles. The molecule has 0 saturated carbocycles. The van der Waals surface area contributed by atoms with E-state index in [4.69, 9.17) is 9.97 Å². The summed E-state index contributed by atoms with van der Waals surface area (Å²) in [4.78, 5) is 16.3. The van der Waals surface area contributed by atoms with Gasteiger partial charge >= 0.3 is 0 Å². The lowest BCUT2D eigenvalue weighted by Crippen LogP contribution is -2.34. The zero-order valence-electron chi connectivity index (χ0n) is 16.2. The van der Waals surface area contributed by atoms with Crippen molar-refractivity contribution in [3.05, 3.63) is 47.7 Å². The Morgan fingerprint density at radius 3 is 2.24 bits per heavy atom. The lowest BCUT2D eigenvalue weighted by molar-refractivity contribution is 0.498. The number of hydrogen-bond donors (Lipinski definition) is 0. The molecule has 1 aliphatic heterocycles. The van der Waals surface area contributed by atoms with Crippen LogP contribution in [0.25, 0.3) is 0 Å². The normalized spacial score (nSPS) is 16.5. The van der Waals surface area contributed by atoms with Crippen molar-refractivity contribution >= 4 is 5.82 Å². The van der Waals surface area contributed by atoms with Crippen LogP contribution < -0.4 is 4.90 Å². The van der Waals surface area contributed by atoms with Crippen LogP contribution in [-0.4, -0.2) is 28.0 Å². The predicted molar refractivity (Wildman–Crippen MR) is 103 cm³/mol. The van der Waals surface area contributed by atoms with Gasteiger partial charge in [-0.05, 0) is 36.5 Å². The van der Waals surface area contributed by atoms with Gasteiger partial charge in [0.25, 0.3) is 0 Å². The number of anilines is 1. The summed E-state index contributed by atoms with van der Waals surface area (Å²) in [6.45, 7) is 13.1. The maximum atomic E-state index is 4.87. The second kappa shape index (κ2) is 7.11. The molecule has 134 valence electrons. The highest BCUT2D eigenvalue weighted by Gasteiger charge is 2.24. The third kappa shape index (κ3) is 4.17. The maximum absolute atomic E-state index is 4.87. The van der Waals surface area contributed by atoms with E-state index in [-0.39, 0.29) is 5.41 Å². The van der Waals surface area contributed by atoms with E-state index in [9.17, 15) is 0 Å². The van der Waals surface area contributed by atoms with Gasteiger partial charge < -0.3 is 4.90 Å². The zero-order chi connectivity index (χ0) is 18.0. The molecule has 0 unspecified atom stereocenters. The van der Waals surface area contributed by atoms with Crippen molar-refractivity contribution in [2.75, 3.05) is 18.0 Å². The average Bonchev–Trinajstić information content (AvgIpc) is 2.61. The first-order valence-electron chi connectivity index (χ1n) is 9.39. The van der Waals surface area contributed by atoms with Crippen molar-refractivity contribution in [2.45, 2.75) is 64.7 Å². The second-order valence-corrected chi connectivity index (χ2v) is 8.42. The van der Waals surface area contributed by atoms with Gasteiger partial charge in [-0.2, -0.15) is 0 Å². The van der Waals surface area contributed by atoms with Crippen molar-refractivity contribution in [2.24, 2.45) is 0 Å². The summed E-state index contributed by atoms with van der Waals surface area (Å²) < 4.78 is 0. The van der Waals surface area contributed by atoms with E-state index >= 15 is 0 Å². The molecule has 0 bridgehead atoms. The van der Waals surface area contributed by atoms with Crippen LogP contribution in [0.15, 0.2) is 30.6 Å². The minimum Gasteiger partial charge on any atom is -0.356 e. The highest BCUT2D eigenvalue weighted by atomic mass is 15.2. The van der Waals surface area contributed by atoms with E-state index in [1.54, 1.807) is 0 Å². The van der Waals surface area contributed by atoms with Crippen LogP contribution in [-0.2, 0) is 5.41 Å². The molecule has 2 aromatic rings. The van der Waals surface area contributed by atoms with Gasteiger partial charge in [-0.3, -0.25) is 4.98 Å². The van der Waals surface area contributed by atoms with Crippen molar-refractivity contribution in [3.63, 3.8) is 0 Å². The Morgan fingerprint density at radius 1 is 1.04 bits per heavy atom. The fourth-order valence-corrected chi connectivity index (χ4v) is 3.33. The summed E-state index contributed by atoms with van der Waals surface area (Å²) in [5, 5.41) is 0. The Morgan fingerprint density at radius 2 is 1.68 bits per heavy atom. The van der Waals surface area contributed by atoms with E-state index in [1.165, 1.54) is 5.56 Å². The van der Waals surface area contributed by atoms with E-state index < -0.39 is 0 Å². The minimum atomic E-state index is 0.0384. The third-order valence-electron chi connectivity index (χ3n) is 5.01. The average molecular weight is 338 g/mol. The molecule has 0 radical (unpaired) electrons. The van der Waals surface area contributed by atoms with Crippen molar-refractivity contribution < 1.29 is 0 Å². The number of rotatable bonds is 3. The number of aromatic nitrogens is 3. The van der Waals surface area contributed by atoms with Gasteiger partial charge in [0.2, 0.25) is 0 Å². The summed E-state index contributed by atoms with van der Waals surface area (Å²) in [6, 6.07) is 6.50. The van der Waals surface area contributed by atoms with Crippen molar-refractivity contribution in [3.8, 4) is 0 Å². The molecule has 0 aromatic carbocycles. The molecular formula is C21H30N4. The van der Waals surface area contributed by atoms with Crippen molar-refractivity contribution in [1.29, 1.82) is 0 Å². The van der Waals surface area contributed by atoms with E-state index in [1.807, 2.05) is 12.4 Å². The molecule has 0 amide bonds. The Hall–Kier alpha value is -1.97. The van der Waals surface area contributed by atoms with Crippen LogP contribution in [0.2, 0.25) is 0 Å². The molecule has 0 N–H and O–H groups in total. The highest BCUT2D eigenvalue weighted by molar-refractivity contribution is 5.42. The molecule has 25 heavy (non-hydrogen) atoms. The Balaban J connectivity index is 1.79. The number of nitrogens with zero attached hydrogens (tertiary/aromatic N) is 4. The number of pyridine rings is 1. The monoisotopic (exact) mass is 338 g/mol. The van der Waals surface area contributed by atoms with E-state index in [2.05, 4.69) is 62.7 Å². The predicted octanol–water partition coefficient (Wildman–Crippen LogP) is 4.68. The van der Waals surface area contributed by atoms with Gasteiger partial charge in [0.15, 0.2) is 0 Å². The van der Waals surface area contributed by atoms with Gasteiger partial charge in [0, 0.05) is 42.9 Å². The molecule has 0 spiro atoms. The van der Waals surface area contributed by atoms with Gasteiger partial charge in [0.1, 0.15) is 11.6 Å². The number of piperidine rings is 1. The standard InChI is InChI=1S/C21H30N4/c1-15(2)20-23-18(21(3,4)5)14-19(24-20)25-12-8-17(9-13-25)16-6-10-22-11-7-16/h6-7,10-11,14-15,17H,8-9,12-13H2,1-5H3. The summed E-state index contributed by atoms with van der Waals surface area (Å²) in [7, 11) is 0. The first kappa shape index (κ1) is 17.8. The molecule has 4 nitrogen and oxygen atoms in total. The molecule has 0 atom stereocenters. The van der Waals surface area contributed by atoms with Crippen LogP contribution in [0.3, 0.4) is 0 Å². The summed E-state index contributed by atoms with van der Waals surface area (Å²) in [6.07, 6.45) is 6.12. The fourth-order valence-electron chi connectivity index (χ4n) is 3.33. The van der Waals surface area contributed by atoms with Crippen LogP contribution in [0.5, 0.6) is 0 Å². The number of hydrogen-bond acceptors (Lipinski definition) is 4. The SMILES string of the molecule is CC(C)c1nc(N2CCC(c3ccncc3)CC2)cc(C(C)(C)C)n1. The lowest BCUT2D eigenvalue weighted by atomic mass is 9.89. The first-order chi connectivity index (χ1) is 11.8. The smallest absolute Gasteiger partial charge is 0.133 e. The van der Waals surface area contributed by atoms with E-state index in [0.717, 1.165) is 43.3 Å². The molecule has 0 aliphatic carbocycles. The summed E-state index contributed by atoms with van der Waals surface area (Å²) >= 11 is 0. The molecule has 2 aromatic heterocycles. The second-order valence-electron chi connectivity index (χ2n) is 8.42. The minimum absolute atomic E-state index is 0.0384.